The van der Waals surface area contributed by atoms with Crippen molar-refractivity contribution >= 4 is 47.4 Å². The molecule has 1 saturated heterocycles. The monoisotopic (exact) mass is 565 g/mol. The zero-order valence-electron chi connectivity index (χ0n) is 18.1. The van der Waals surface area contributed by atoms with Gasteiger partial charge in [0.05, 0.1) is 18.1 Å². The minimum Gasteiger partial charge on any atom is -0.357 e. The van der Waals surface area contributed by atoms with Gasteiger partial charge in [-0.15, -0.1) is 24.0 Å². The van der Waals surface area contributed by atoms with Gasteiger partial charge in [0.1, 0.15) is 5.82 Å². The number of aliphatic imine (C=N–C) groups is 1. The predicted octanol–water partition coefficient (Wildman–Crippen LogP) is 3.93. The van der Waals surface area contributed by atoms with Crippen LogP contribution in [0, 0.1) is 0 Å². The molecule has 0 spiro atoms. The maximum Gasteiger partial charge on any atom is 0.191 e. The van der Waals surface area contributed by atoms with Crippen molar-refractivity contribution in [3.63, 3.8) is 0 Å². The van der Waals surface area contributed by atoms with Gasteiger partial charge in [-0.2, -0.15) is 5.10 Å². The van der Waals surface area contributed by atoms with Gasteiger partial charge >= 0.3 is 0 Å². The standard InChI is InChI=1S/C23H28ClN7.HI/c1-2-25-23(29-20-9-13-30(17-20)22-21(24)8-4-10-26-22)27-15-18-6-3-7-19(14-18)16-31-12-5-11-28-31;/h3-8,10-12,14,20H,2,9,13,15-17H2,1H3,(H2,25,27,29);1H. The summed E-state index contributed by atoms with van der Waals surface area (Å²) < 4.78 is 1.92. The minimum absolute atomic E-state index is 0. The van der Waals surface area contributed by atoms with Crippen molar-refractivity contribution in [2.45, 2.75) is 32.5 Å². The summed E-state index contributed by atoms with van der Waals surface area (Å²) in [7, 11) is 0. The largest absolute Gasteiger partial charge is 0.357 e. The van der Waals surface area contributed by atoms with E-state index in [4.69, 9.17) is 16.6 Å². The third-order valence-corrected chi connectivity index (χ3v) is 5.52. The maximum absolute atomic E-state index is 6.32. The van der Waals surface area contributed by atoms with Gasteiger partial charge in [0.2, 0.25) is 0 Å². The van der Waals surface area contributed by atoms with Gasteiger partial charge in [-0.3, -0.25) is 4.68 Å². The van der Waals surface area contributed by atoms with Crippen molar-refractivity contribution in [2.24, 2.45) is 4.99 Å². The van der Waals surface area contributed by atoms with E-state index >= 15 is 0 Å². The third-order valence-electron chi connectivity index (χ3n) is 5.23. The molecule has 2 aromatic heterocycles. The Morgan fingerprint density at radius 3 is 2.84 bits per heavy atom. The number of hydrogen-bond donors (Lipinski definition) is 2. The Labute approximate surface area is 211 Å². The van der Waals surface area contributed by atoms with Crippen molar-refractivity contribution in [1.82, 2.24) is 25.4 Å². The van der Waals surface area contributed by atoms with Gasteiger partial charge in [-0.25, -0.2) is 9.98 Å². The summed E-state index contributed by atoms with van der Waals surface area (Å²) in [4.78, 5) is 11.5. The van der Waals surface area contributed by atoms with Gasteiger partial charge in [-0.1, -0.05) is 35.9 Å². The zero-order valence-corrected chi connectivity index (χ0v) is 21.2. The lowest BCUT2D eigenvalue weighted by Gasteiger charge is -2.20. The van der Waals surface area contributed by atoms with E-state index in [1.54, 1.807) is 12.4 Å². The van der Waals surface area contributed by atoms with E-state index < -0.39 is 0 Å². The first kappa shape index (κ1) is 24.3. The molecule has 2 N–H and O–H groups in total. The molecule has 0 amide bonds. The van der Waals surface area contributed by atoms with Crippen LogP contribution in [0.1, 0.15) is 24.5 Å². The van der Waals surface area contributed by atoms with Crippen LogP contribution in [0.4, 0.5) is 5.82 Å². The second-order valence-corrected chi connectivity index (χ2v) is 8.01. The SMILES string of the molecule is CCNC(=NCc1cccc(Cn2cccn2)c1)NC1CCN(c2ncccc2Cl)C1.I. The van der Waals surface area contributed by atoms with Crippen molar-refractivity contribution in [2.75, 3.05) is 24.5 Å². The number of guanidine groups is 1. The summed E-state index contributed by atoms with van der Waals surface area (Å²) >= 11 is 6.32. The molecule has 0 bridgehead atoms. The van der Waals surface area contributed by atoms with Crippen LogP contribution in [0.25, 0.3) is 0 Å². The fourth-order valence-electron chi connectivity index (χ4n) is 3.77. The van der Waals surface area contributed by atoms with E-state index in [1.807, 2.05) is 29.1 Å². The first-order chi connectivity index (χ1) is 15.2. The molecule has 9 heteroatoms. The van der Waals surface area contributed by atoms with Crippen LogP contribution < -0.4 is 15.5 Å². The number of pyridine rings is 1. The van der Waals surface area contributed by atoms with Crippen molar-refractivity contribution in [3.8, 4) is 0 Å². The van der Waals surface area contributed by atoms with Crippen LogP contribution in [0.3, 0.4) is 0 Å². The fourth-order valence-corrected chi connectivity index (χ4v) is 4.01. The van der Waals surface area contributed by atoms with Gasteiger partial charge in [0.15, 0.2) is 5.96 Å². The van der Waals surface area contributed by atoms with Crippen LogP contribution in [0.5, 0.6) is 0 Å². The van der Waals surface area contributed by atoms with Crippen molar-refractivity contribution < 1.29 is 0 Å². The maximum atomic E-state index is 6.32. The normalized spacial score (nSPS) is 16.0. The number of benzene rings is 1. The van der Waals surface area contributed by atoms with Crippen LogP contribution in [0.15, 0.2) is 66.0 Å². The Bertz CT molecular complexity index is 1010. The van der Waals surface area contributed by atoms with Crippen LogP contribution in [0.2, 0.25) is 5.02 Å². The van der Waals surface area contributed by atoms with Crippen LogP contribution in [-0.2, 0) is 13.1 Å². The molecule has 1 unspecified atom stereocenters. The first-order valence-corrected chi connectivity index (χ1v) is 11.0. The molecule has 1 aliphatic rings. The van der Waals surface area contributed by atoms with Crippen LogP contribution >= 0.6 is 35.6 Å². The Hall–Kier alpha value is -2.33. The highest BCUT2D eigenvalue weighted by Crippen LogP contribution is 2.25. The first-order valence-electron chi connectivity index (χ1n) is 10.7. The lowest BCUT2D eigenvalue weighted by atomic mass is 10.1. The number of aromatic nitrogens is 3. The molecule has 0 radical (unpaired) electrons. The van der Waals surface area contributed by atoms with E-state index in [0.29, 0.717) is 17.6 Å². The van der Waals surface area contributed by atoms with Gasteiger partial charge < -0.3 is 15.5 Å². The molecule has 3 aromatic rings. The van der Waals surface area contributed by atoms with Gasteiger partial charge in [-0.05, 0) is 42.7 Å². The second kappa shape index (κ2) is 12.1. The number of nitrogens with one attached hydrogen (secondary N) is 2. The molecule has 3 heterocycles. The number of halogens is 2. The molecule has 1 aromatic carbocycles. The molecule has 7 nitrogen and oxygen atoms in total. The van der Waals surface area contributed by atoms with E-state index in [0.717, 1.165) is 44.4 Å². The molecular formula is C23H29ClIN7. The summed E-state index contributed by atoms with van der Waals surface area (Å²) in [6, 6.07) is 14.5. The molecule has 0 saturated carbocycles. The number of rotatable bonds is 7. The molecule has 170 valence electrons. The quantitative estimate of drug-likeness (QED) is 0.258. The molecular weight excluding hydrogens is 537 g/mol. The molecule has 1 aliphatic heterocycles. The predicted molar refractivity (Wildman–Crippen MR) is 141 cm³/mol. The Kier molecular flexibility index (Phi) is 9.16. The molecule has 32 heavy (non-hydrogen) atoms. The molecule has 1 atom stereocenters. The Balaban J connectivity index is 0.00000289. The highest BCUT2D eigenvalue weighted by Gasteiger charge is 2.25. The van der Waals surface area contributed by atoms with E-state index in [1.165, 1.54) is 11.1 Å². The minimum atomic E-state index is 0. The van der Waals surface area contributed by atoms with E-state index in [-0.39, 0.29) is 24.0 Å². The van der Waals surface area contributed by atoms with Gasteiger partial charge in [0, 0.05) is 44.3 Å². The summed E-state index contributed by atoms with van der Waals surface area (Å²) in [5.41, 5.74) is 2.39. The van der Waals surface area contributed by atoms with Gasteiger partial charge in [0.25, 0.3) is 0 Å². The molecule has 0 aliphatic carbocycles. The summed E-state index contributed by atoms with van der Waals surface area (Å²) in [5.74, 6) is 1.68. The second-order valence-electron chi connectivity index (χ2n) is 7.60. The topological polar surface area (TPSA) is 70.4 Å². The Morgan fingerprint density at radius 1 is 1.19 bits per heavy atom. The lowest BCUT2D eigenvalue weighted by Crippen LogP contribution is -2.44. The molecule has 4 rings (SSSR count). The summed E-state index contributed by atoms with van der Waals surface area (Å²) in [6.07, 6.45) is 6.57. The fraction of sp³-hybridized carbons (Fsp3) is 0.348. The van der Waals surface area contributed by atoms with Crippen molar-refractivity contribution in [1.29, 1.82) is 0 Å². The lowest BCUT2D eigenvalue weighted by molar-refractivity contribution is 0.648. The number of anilines is 1. The average molecular weight is 566 g/mol. The molecule has 1 fully saturated rings. The highest BCUT2D eigenvalue weighted by atomic mass is 127. The summed E-state index contributed by atoms with van der Waals surface area (Å²) in [5, 5.41) is 11.9. The third kappa shape index (κ3) is 6.59. The van der Waals surface area contributed by atoms with E-state index in [9.17, 15) is 0 Å². The van der Waals surface area contributed by atoms with Crippen molar-refractivity contribution in [3.05, 3.63) is 77.2 Å². The zero-order chi connectivity index (χ0) is 21.5. The highest BCUT2D eigenvalue weighted by molar-refractivity contribution is 14.0. The number of nitrogens with zero attached hydrogens (tertiary/aromatic N) is 5. The van der Waals surface area contributed by atoms with Crippen LogP contribution in [-0.4, -0.2) is 46.4 Å². The average Bonchev–Trinajstić information content (AvgIpc) is 3.45. The summed E-state index contributed by atoms with van der Waals surface area (Å²) in [6.45, 7) is 6.04. The number of hydrogen-bond acceptors (Lipinski definition) is 4. The smallest absolute Gasteiger partial charge is 0.191 e. The Morgan fingerprint density at radius 2 is 2.06 bits per heavy atom. The van der Waals surface area contributed by atoms with E-state index in [2.05, 4.69) is 56.8 Å².